The second kappa shape index (κ2) is 6.95. The molecule has 1 aromatic heterocycles. The van der Waals surface area contributed by atoms with Gasteiger partial charge in [-0.1, -0.05) is 6.07 Å². The molecule has 0 aliphatic heterocycles. The summed E-state index contributed by atoms with van der Waals surface area (Å²) >= 11 is 0. The molecule has 1 heterocycles. The molecule has 0 spiro atoms. The number of aromatic nitrogens is 1. The first kappa shape index (κ1) is 11.7. The van der Waals surface area contributed by atoms with Crippen LogP contribution in [-0.4, -0.2) is 24.2 Å². The fourth-order valence-electron chi connectivity index (χ4n) is 1.06. The molecule has 0 amide bonds. The van der Waals surface area contributed by atoms with E-state index in [1.807, 2.05) is 12.1 Å². The van der Waals surface area contributed by atoms with Gasteiger partial charge >= 0.3 is 5.97 Å². The number of rotatable bonds is 6. The van der Waals surface area contributed by atoms with E-state index >= 15 is 0 Å². The third-order valence-electron chi connectivity index (χ3n) is 1.75. The zero-order valence-corrected chi connectivity index (χ0v) is 8.81. The number of hydrogen-bond acceptors (Lipinski definition) is 4. The van der Waals surface area contributed by atoms with Gasteiger partial charge in [0.1, 0.15) is 0 Å². The standard InChI is InChI=1S/C11H15NO3/c1-2-15-11(13)5-7-14-9-10-4-3-6-12-8-10/h3-4,6,8H,2,5,7,9H2,1H3. The summed E-state index contributed by atoms with van der Waals surface area (Å²) in [6.45, 7) is 3.07. The van der Waals surface area contributed by atoms with Crippen LogP contribution in [0.1, 0.15) is 18.9 Å². The molecule has 0 aliphatic rings. The van der Waals surface area contributed by atoms with Crippen molar-refractivity contribution in [2.24, 2.45) is 0 Å². The molecule has 0 aromatic carbocycles. The summed E-state index contributed by atoms with van der Waals surface area (Å²) < 4.78 is 10.1. The lowest BCUT2D eigenvalue weighted by atomic mass is 10.3. The molecule has 82 valence electrons. The molecule has 0 N–H and O–H groups in total. The van der Waals surface area contributed by atoms with Crippen molar-refractivity contribution in [1.29, 1.82) is 0 Å². The SMILES string of the molecule is CCOC(=O)CCOCc1cccnc1. The van der Waals surface area contributed by atoms with Gasteiger partial charge in [0, 0.05) is 12.4 Å². The number of esters is 1. The lowest BCUT2D eigenvalue weighted by Gasteiger charge is -2.03. The summed E-state index contributed by atoms with van der Waals surface area (Å²) in [6, 6.07) is 3.78. The van der Waals surface area contributed by atoms with Crippen molar-refractivity contribution < 1.29 is 14.3 Å². The number of carbonyl (C=O) groups is 1. The lowest BCUT2D eigenvalue weighted by Crippen LogP contribution is -2.08. The first-order valence-electron chi connectivity index (χ1n) is 4.95. The quantitative estimate of drug-likeness (QED) is 0.527. The van der Waals surface area contributed by atoms with Crippen LogP contribution < -0.4 is 0 Å². The van der Waals surface area contributed by atoms with Crippen molar-refractivity contribution in [3.63, 3.8) is 0 Å². The molecule has 0 bridgehead atoms. The van der Waals surface area contributed by atoms with Crippen LogP contribution in [0.15, 0.2) is 24.5 Å². The maximum absolute atomic E-state index is 10.9. The van der Waals surface area contributed by atoms with Gasteiger partial charge in [-0.15, -0.1) is 0 Å². The topological polar surface area (TPSA) is 48.4 Å². The van der Waals surface area contributed by atoms with Crippen molar-refractivity contribution in [3.8, 4) is 0 Å². The Balaban J connectivity index is 2.10. The van der Waals surface area contributed by atoms with E-state index in [0.29, 0.717) is 26.2 Å². The highest BCUT2D eigenvalue weighted by Crippen LogP contribution is 1.98. The molecular weight excluding hydrogens is 194 g/mol. The van der Waals surface area contributed by atoms with Crippen LogP contribution in [0, 0.1) is 0 Å². The van der Waals surface area contributed by atoms with Gasteiger partial charge in [-0.2, -0.15) is 0 Å². The first-order valence-corrected chi connectivity index (χ1v) is 4.95. The van der Waals surface area contributed by atoms with Gasteiger partial charge in [0.25, 0.3) is 0 Å². The molecule has 0 saturated carbocycles. The van der Waals surface area contributed by atoms with Crippen LogP contribution in [0.25, 0.3) is 0 Å². The van der Waals surface area contributed by atoms with Crippen LogP contribution in [0.5, 0.6) is 0 Å². The zero-order valence-electron chi connectivity index (χ0n) is 8.81. The maximum atomic E-state index is 10.9. The van der Waals surface area contributed by atoms with E-state index in [4.69, 9.17) is 9.47 Å². The Morgan fingerprint density at radius 2 is 2.40 bits per heavy atom. The van der Waals surface area contributed by atoms with Crippen molar-refractivity contribution in [1.82, 2.24) is 4.98 Å². The minimum Gasteiger partial charge on any atom is -0.466 e. The Bertz CT molecular complexity index is 287. The second-order valence-electron chi connectivity index (χ2n) is 2.97. The summed E-state index contributed by atoms with van der Waals surface area (Å²) in [5, 5.41) is 0. The van der Waals surface area contributed by atoms with Gasteiger partial charge in [-0.05, 0) is 18.6 Å². The highest BCUT2D eigenvalue weighted by atomic mass is 16.5. The van der Waals surface area contributed by atoms with Crippen molar-refractivity contribution in [2.75, 3.05) is 13.2 Å². The summed E-state index contributed by atoms with van der Waals surface area (Å²) in [4.78, 5) is 14.9. The molecule has 0 aliphatic carbocycles. The number of ether oxygens (including phenoxy) is 2. The third kappa shape index (κ3) is 5.12. The van der Waals surface area contributed by atoms with Gasteiger partial charge in [0.15, 0.2) is 0 Å². The molecule has 4 heteroatoms. The maximum Gasteiger partial charge on any atom is 0.308 e. The smallest absolute Gasteiger partial charge is 0.308 e. The molecule has 1 rings (SSSR count). The van der Waals surface area contributed by atoms with E-state index in [1.54, 1.807) is 19.3 Å². The number of hydrogen-bond donors (Lipinski definition) is 0. The molecule has 0 radical (unpaired) electrons. The van der Waals surface area contributed by atoms with Gasteiger partial charge in [0.2, 0.25) is 0 Å². The molecule has 0 saturated heterocycles. The summed E-state index contributed by atoms with van der Waals surface area (Å²) in [5.41, 5.74) is 1.00. The van der Waals surface area contributed by atoms with E-state index < -0.39 is 0 Å². The Morgan fingerprint density at radius 1 is 1.53 bits per heavy atom. The third-order valence-corrected chi connectivity index (χ3v) is 1.75. The number of carbonyl (C=O) groups excluding carboxylic acids is 1. The largest absolute Gasteiger partial charge is 0.466 e. The molecule has 0 atom stereocenters. The van der Waals surface area contributed by atoms with E-state index in [0.717, 1.165) is 5.56 Å². The van der Waals surface area contributed by atoms with Crippen LogP contribution >= 0.6 is 0 Å². The van der Waals surface area contributed by atoms with E-state index in [9.17, 15) is 4.79 Å². The molecule has 1 aromatic rings. The minimum atomic E-state index is -0.219. The highest BCUT2D eigenvalue weighted by Gasteiger charge is 2.00. The molecule has 15 heavy (non-hydrogen) atoms. The van der Waals surface area contributed by atoms with Gasteiger partial charge < -0.3 is 9.47 Å². The first-order chi connectivity index (χ1) is 7.33. The number of pyridine rings is 1. The zero-order chi connectivity index (χ0) is 10.9. The normalized spacial score (nSPS) is 9.93. The monoisotopic (exact) mass is 209 g/mol. The molecule has 4 nitrogen and oxygen atoms in total. The fraction of sp³-hybridized carbons (Fsp3) is 0.455. The highest BCUT2D eigenvalue weighted by molar-refractivity contribution is 5.69. The Morgan fingerprint density at radius 3 is 3.07 bits per heavy atom. The summed E-state index contributed by atoms with van der Waals surface area (Å²) in [5.74, 6) is -0.219. The van der Waals surface area contributed by atoms with Gasteiger partial charge in [-0.25, -0.2) is 0 Å². The molecule has 0 unspecified atom stereocenters. The van der Waals surface area contributed by atoms with E-state index in [-0.39, 0.29) is 5.97 Å². The van der Waals surface area contributed by atoms with Crippen molar-refractivity contribution >= 4 is 5.97 Å². The Labute approximate surface area is 89.2 Å². The summed E-state index contributed by atoms with van der Waals surface area (Å²) in [7, 11) is 0. The average molecular weight is 209 g/mol. The van der Waals surface area contributed by atoms with Crippen LogP contribution in [0.2, 0.25) is 0 Å². The van der Waals surface area contributed by atoms with Crippen LogP contribution in [0.4, 0.5) is 0 Å². The average Bonchev–Trinajstić information content (AvgIpc) is 2.26. The van der Waals surface area contributed by atoms with Crippen LogP contribution in [0.3, 0.4) is 0 Å². The Hall–Kier alpha value is -1.42. The van der Waals surface area contributed by atoms with Gasteiger partial charge in [-0.3, -0.25) is 9.78 Å². The van der Waals surface area contributed by atoms with E-state index in [1.165, 1.54) is 0 Å². The van der Waals surface area contributed by atoms with Crippen molar-refractivity contribution in [2.45, 2.75) is 20.0 Å². The number of nitrogens with zero attached hydrogens (tertiary/aromatic N) is 1. The second-order valence-corrected chi connectivity index (χ2v) is 2.97. The fourth-order valence-corrected chi connectivity index (χ4v) is 1.06. The lowest BCUT2D eigenvalue weighted by molar-refractivity contribution is -0.144. The predicted octanol–water partition coefficient (Wildman–Crippen LogP) is 1.55. The molecule has 0 fully saturated rings. The Kier molecular flexibility index (Phi) is 5.40. The predicted molar refractivity (Wildman–Crippen MR) is 55.1 cm³/mol. The summed E-state index contributed by atoms with van der Waals surface area (Å²) in [6.07, 6.45) is 3.75. The van der Waals surface area contributed by atoms with E-state index in [2.05, 4.69) is 4.98 Å². The minimum absolute atomic E-state index is 0.219. The van der Waals surface area contributed by atoms with Crippen LogP contribution in [-0.2, 0) is 20.9 Å². The van der Waals surface area contributed by atoms with Gasteiger partial charge in [0.05, 0.1) is 26.2 Å². The molecular formula is C11H15NO3. The van der Waals surface area contributed by atoms with Crippen molar-refractivity contribution in [3.05, 3.63) is 30.1 Å².